The minimum Gasteiger partial charge on any atom is -0.341 e. The van der Waals surface area contributed by atoms with Crippen LogP contribution in [0.3, 0.4) is 0 Å². The highest BCUT2D eigenvalue weighted by molar-refractivity contribution is 8.18. The second-order valence-electron chi connectivity index (χ2n) is 7.92. The molecule has 10 heteroatoms. The van der Waals surface area contributed by atoms with Gasteiger partial charge in [0.15, 0.2) is 0 Å². The number of aromatic nitrogens is 3. The third kappa shape index (κ3) is 5.01. The molecule has 8 nitrogen and oxygen atoms in total. The van der Waals surface area contributed by atoms with Crippen LogP contribution >= 0.6 is 11.8 Å². The minimum absolute atomic E-state index is 0.258. The summed E-state index contributed by atoms with van der Waals surface area (Å²) in [7, 11) is 0. The van der Waals surface area contributed by atoms with E-state index in [1.54, 1.807) is 24.4 Å². The van der Waals surface area contributed by atoms with Crippen LogP contribution in [0, 0.1) is 5.82 Å². The summed E-state index contributed by atoms with van der Waals surface area (Å²) < 4.78 is 13.3. The first kappa shape index (κ1) is 21.5. The van der Waals surface area contributed by atoms with Gasteiger partial charge in [-0.1, -0.05) is 6.07 Å². The van der Waals surface area contributed by atoms with Crippen LogP contribution in [0.1, 0.15) is 24.2 Å². The molecule has 0 atom stereocenters. The number of nitrogens with zero attached hydrogens (tertiary/aromatic N) is 4. The van der Waals surface area contributed by atoms with Gasteiger partial charge in [0.2, 0.25) is 5.95 Å². The number of fused-ring (bicyclic) bond motifs is 1. The second kappa shape index (κ2) is 9.24. The summed E-state index contributed by atoms with van der Waals surface area (Å²) in [5.41, 5.74) is 2.30. The van der Waals surface area contributed by atoms with E-state index in [1.165, 1.54) is 12.1 Å². The Hall–Kier alpha value is -3.37. The number of nitrogens with one attached hydrogen (secondary N) is 2. The number of imide groups is 1. The van der Waals surface area contributed by atoms with Crippen molar-refractivity contribution in [1.82, 2.24) is 25.6 Å². The second-order valence-corrected chi connectivity index (χ2v) is 8.93. The average Bonchev–Trinajstić information content (AvgIpc) is 3.14. The summed E-state index contributed by atoms with van der Waals surface area (Å²) in [6.45, 7) is 2.25. The van der Waals surface area contributed by atoms with Crippen molar-refractivity contribution >= 4 is 45.8 Å². The number of anilines is 1. The number of hydrogen-bond donors (Lipinski definition) is 2. The van der Waals surface area contributed by atoms with Gasteiger partial charge in [0, 0.05) is 37.3 Å². The quantitative estimate of drug-likeness (QED) is 0.555. The Balaban J connectivity index is 1.17. The Morgan fingerprint density at radius 3 is 2.79 bits per heavy atom. The van der Waals surface area contributed by atoms with Crippen LogP contribution in [0.25, 0.3) is 17.0 Å². The molecule has 2 saturated heterocycles. The number of thioether (sulfide) groups is 1. The van der Waals surface area contributed by atoms with Gasteiger partial charge in [-0.3, -0.25) is 19.9 Å². The van der Waals surface area contributed by atoms with Gasteiger partial charge in [0.25, 0.3) is 11.1 Å². The summed E-state index contributed by atoms with van der Waals surface area (Å²) in [6, 6.07) is 10.5. The highest BCUT2D eigenvalue weighted by Crippen LogP contribution is 2.25. The molecule has 3 aromatic rings. The molecule has 2 fully saturated rings. The molecule has 2 aliphatic heterocycles. The lowest BCUT2D eigenvalue weighted by Crippen LogP contribution is -2.43. The van der Waals surface area contributed by atoms with Crippen LogP contribution in [0.2, 0.25) is 0 Å². The number of hydrogen-bond acceptors (Lipinski definition) is 8. The Kier molecular flexibility index (Phi) is 6.01. The molecule has 4 heterocycles. The van der Waals surface area contributed by atoms with Crippen molar-refractivity contribution in [2.24, 2.45) is 0 Å². The molecule has 2 N–H and O–H groups in total. The molecule has 0 bridgehead atoms. The van der Waals surface area contributed by atoms with Crippen molar-refractivity contribution in [2.45, 2.75) is 25.4 Å². The molecular weight excluding hydrogens is 443 g/mol. The molecule has 2 aliphatic rings. The lowest BCUT2D eigenvalue weighted by Gasteiger charge is -2.32. The number of carbonyl (C=O) groups is 2. The van der Waals surface area contributed by atoms with Crippen molar-refractivity contribution in [3.05, 3.63) is 64.7 Å². The predicted molar refractivity (Wildman–Crippen MR) is 125 cm³/mol. The van der Waals surface area contributed by atoms with Crippen molar-refractivity contribution < 1.29 is 14.0 Å². The van der Waals surface area contributed by atoms with E-state index in [4.69, 9.17) is 0 Å². The molecule has 168 valence electrons. The van der Waals surface area contributed by atoms with Gasteiger partial charge in [0.1, 0.15) is 5.82 Å². The molecule has 0 radical (unpaired) electrons. The molecule has 0 aliphatic carbocycles. The summed E-state index contributed by atoms with van der Waals surface area (Å²) in [4.78, 5) is 39.1. The molecule has 0 unspecified atom stereocenters. The summed E-state index contributed by atoms with van der Waals surface area (Å²) in [6.07, 6.45) is 5.13. The number of piperidine rings is 1. The maximum Gasteiger partial charge on any atom is 0.290 e. The smallest absolute Gasteiger partial charge is 0.290 e. The summed E-state index contributed by atoms with van der Waals surface area (Å²) in [5.74, 6) is -0.0443. The fourth-order valence-electron chi connectivity index (χ4n) is 3.92. The number of carbonyl (C=O) groups excluding carboxylic acids is 2. The van der Waals surface area contributed by atoms with E-state index in [1.807, 2.05) is 12.1 Å². The first-order valence-corrected chi connectivity index (χ1v) is 11.5. The van der Waals surface area contributed by atoms with Crippen LogP contribution in [0.5, 0.6) is 0 Å². The number of amides is 2. The van der Waals surface area contributed by atoms with E-state index in [0.717, 1.165) is 54.3 Å². The van der Waals surface area contributed by atoms with E-state index in [-0.39, 0.29) is 11.1 Å². The number of pyridine rings is 1. The van der Waals surface area contributed by atoms with E-state index >= 15 is 0 Å². The monoisotopic (exact) mass is 464 g/mol. The number of benzene rings is 1. The summed E-state index contributed by atoms with van der Waals surface area (Å²) >= 11 is 0.872. The fourth-order valence-corrected chi connectivity index (χ4v) is 4.59. The topological polar surface area (TPSA) is 100 Å². The largest absolute Gasteiger partial charge is 0.341 e. The summed E-state index contributed by atoms with van der Waals surface area (Å²) in [5, 5.41) is 6.23. The van der Waals surface area contributed by atoms with Gasteiger partial charge in [-0.25, -0.2) is 14.4 Å². The molecule has 1 aromatic carbocycles. The highest BCUT2D eigenvalue weighted by Gasteiger charge is 2.25. The zero-order valence-electron chi connectivity index (χ0n) is 17.6. The molecule has 0 spiro atoms. The van der Waals surface area contributed by atoms with Crippen LogP contribution in [-0.4, -0.2) is 45.2 Å². The third-order valence-electron chi connectivity index (χ3n) is 5.64. The number of rotatable bonds is 5. The molecule has 2 aromatic heterocycles. The highest BCUT2D eigenvalue weighted by atomic mass is 32.2. The van der Waals surface area contributed by atoms with Gasteiger partial charge in [-0.05, 0) is 61.0 Å². The van der Waals surface area contributed by atoms with Crippen molar-refractivity contribution in [2.75, 3.05) is 18.0 Å². The molecule has 33 heavy (non-hydrogen) atoms. The average molecular weight is 465 g/mol. The predicted octanol–water partition coefficient (Wildman–Crippen LogP) is 3.25. The maximum absolute atomic E-state index is 13.3. The Labute approximate surface area is 193 Å². The molecule has 5 rings (SSSR count). The van der Waals surface area contributed by atoms with Crippen LogP contribution in [-0.2, 0) is 11.3 Å². The van der Waals surface area contributed by atoms with E-state index in [9.17, 15) is 14.0 Å². The Morgan fingerprint density at radius 1 is 1.15 bits per heavy atom. The van der Waals surface area contributed by atoms with Crippen molar-refractivity contribution in [3.8, 4) is 0 Å². The van der Waals surface area contributed by atoms with Gasteiger partial charge < -0.3 is 10.2 Å². The number of halogens is 1. The van der Waals surface area contributed by atoms with Crippen molar-refractivity contribution in [3.63, 3.8) is 0 Å². The molecule has 0 saturated carbocycles. The maximum atomic E-state index is 13.3. The van der Waals surface area contributed by atoms with Crippen LogP contribution < -0.4 is 15.5 Å². The minimum atomic E-state index is -0.398. The van der Waals surface area contributed by atoms with E-state index in [0.29, 0.717) is 29.1 Å². The SMILES string of the molecule is O=C1NC(=O)/C(=C/c2ccnc(N3CCC(NCc4ccc5cc(F)ccc5n4)CC3)n2)S1. The van der Waals surface area contributed by atoms with Crippen LogP contribution in [0.4, 0.5) is 15.1 Å². The normalized spacial score (nSPS) is 18.3. The first-order valence-electron chi connectivity index (χ1n) is 10.6. The van der Waals surface area contributed by atoms with Gasteiger partial charge >= 0.3 is 0 Å². The fraction of sp³-hybridized carbons (Fsp3) is 0.261. The van der Waals surface area contributed by atoms with Gasteiger partial charge in [-0.2, -0.15) is 0 Å². The molecular formula is C23H21FN6O2S. The van der Waals surface area contributed by atoms with Gasteiger partial charge in [-0.15, -0.1) is 0 Å². The zero-order chi connectivity index (χ0) is 22.8. The lowest BCUT2D eigenvalue weighted by molar-refractivity contribution is -0.115. The van der Waals surface area contributed by atoms with E-state index in [2.05, 4.69) is 30.5 Å². The zero-order valence-corrected chi connectivity index (χ0v) is 18.4. The van der Waals surface area contributed by atoms with E-state index < -0.39 is 5.91 Å². The van der Waals surface area contributed by atoms with Crippen molar-refractivity contribution in [1.29, 1.82) is 0 Å². The van der Waals surface area contributed by atoms with Gasteiger partial charge in [0.05, 0.1) is 21.8 Å². The standard InChI is InChI=1S/C23H21FN6O2S/c24-15-2-4-19-14(11-15)1-3-18(27-19)13-26-16-6-9-30(10-7-16)22-25-8-5-17(28-22)12-20-21(31)29-23(32)33-20/h1-5,8,11-12,16,26H,6-7,9-10,13H2,(H,29,31,32)/b20-12-. The lowest BCUT2D eigenvalue weighted by atomic mass is 10.1. The third-order valence-corrected chi connectivity index (χ3v) is 6.45. The Morgan fingerprint density at radius 2 is 2.00 bits per heavy atom. The first-order chi connectivity index (χ1) is 16.0. The van der Waals surface area contributed by atoms with Crippen LogP contribution in [0.15, 0.2) is 47.5 Å². The Bertz CT molecular complexity index is 1260. The molecule has 2 amide bonds.